The molecule has 0 radical (unpaired) electrons. The lowest BCUT2D eigenvalue weighted by atomic mass is 10.2. The number of ether oxygens (including phenoxy) is 1. The van der Waals surface area contributed by atoms with E-state index < -0.39 is 27.5 Å². The Kier molecular flexibility index (Phi) is 6.40. The number of nitro benzene ring substituents is 1. The van der Waals surface area contributed by atoms with Crippen molar-refractivity contribution in [3.8, 4) is 0 Å². The number of anilines is 1. The molecule has 0 amide bonds. The zero-order valence-corrected chi connectivity index (χ0v) is 16.2. The molecule has 2 aromatic rings. The minimum Gasteiger partial charge on any atom is -0.465 e. The van der Waals surface area contributed by atoms with Crippen LogP contribution in [0.2, 0.25) is 5.02 Å². The molecule has 144 valence electrons. The van der Waals surface area contributed by atoms with E-state index in [2.05, 4.69) is 0 Å². The molecule has 8 nitrogen and oxygen atoms in total. The van der Waals surface area contributed by atoms with Crippen LogP contribution < -0.4 is 4.31 Å². The molecule has 0 aliphatic carbocycles. The molecule has 0 N–H and O–H groups in total. The molecule has 0 aromatic heterocycles. The minimum atomic E-state index is -4.14. The minimum absolute atomic E-state index is 0.0750. The maximum Gasteiger partial charge on any atom is 0.326 e. The predicted octanol–water partition coefficient (Wildman–Crippen LogP) is 3.32. The molecule has 0 spiro atoms. The number of nitro groups is 1. The van der Waals surface area contributed by atoms with Crippen molar-refractivity contribution >= 4 is 39.0 Å². The standard InChI is InChI=1S/C17H17ClN2O6S/c1-3-26-17(21)11-19(16-9-6-14(20(22)23)10-12(16)2)27(24,25)15-7-4-13(18)5-8-15/h4-10H,3,11H2,1-2H3. The number of carbonyl (C=O) groups excluding carboxylic acids is 1. The molecule has 10 heteroatoms. The molecule has 27 heavy (non-hydrogen) atoms. The summed E-state index contributed by atoms with van der Waals surface area (Å²) in [6, 6.07) is 9.18. The van der Waals surface area contributed by atoms with Gasteiger partial charge in [-0.2, -0.15) is 0 Å². The monoisotopic (exact) mass is 412 g/mol. The Bertz CT molecular complexity index is 960. The number of non-ortho nitro benzene ring substituents is 1. The van der Waals surface area contributed by atoms with E-state index in [-0.39, 0.29) is 22.9 Å². The topological polar surface area (TPSA) is 107 Å². The van der Waals surface area contributed by atoms with E-state index in [1.165, 1.54) is 49.4 Å². The van der Waals surface area contributed by atoms with E-state index in [1.54, 1.807) is 6.92 Å². The number of hydrogen-bond donors (Lipinski definition) is 0. The highest BCUT2D eigenvalue weighted by Gasteiger charge is 2.29. The third kappa shape index (κ3) is 4.75. The van der Waals surface area contributed by atoms with E-state index in [0.29, 0.717) is 10.6 Å². The van der Waals surface area contributed by atoms with Gasteiger partial charge in [0.15, 0.2) is 0 Å². The van der Waals surface area contributed by atoms with Gasteiger partial charge in [0.2, 0.25) is 0 Å². The molecule has 0 bridgehead atoms. The van der Waals surface area contributed by atoms with Gasteiger partial charge in [-0.15, -0.1) is 0 Å². The number of halogens is 1. The number of sulfonamides is 1. The van der Waals surface area contributed by atoms with Gasteiger partial charge in [-0.05, 0) is 49.7 Å². The first-order valence-corrected chi connectivity index (χ1v) is 9.67. The van der Waals surface area contributed by atoms with Crippen LogP contribution in [-0.2, 0) is 19.6 Å². The van der Waals surface area contributed by atoms with Crippen LogP contribution in [0.15, 0.2) is 47.4 Å². The summed E-state index contributed by atoms with van der Waals surface area (Å²) in [4.78, 5) is 22.3. The Morgan fingerprint density at radius 1 is 1.22 bits per heavy atom. The zero-order valence-electron chi connectivity index (χ0n) is 14.6. The maximum atomic E-state index is 13.1. The molecule has 0 atom stereocenters. The molecule has 0 aliphatic heterocycles. The smallest absolute Gasteiger partial charge is 0.326 e. The van der Waals surface area contributed by atoms with Crippen molar-refractivity contribution in [1.82, 2.24) is 0 Å². The van der Waals surface area contributed by atoms with Crippen molar-refractivity contribution in [2.75, 3.05) is 17.5 Å². The Morgan fingerprint density at radius 3 is 2.37 bits per heavy atom. The van der Waals surface area contributed by atoms with Gasteiger partial charge in [-0.3, -0.25) is 19.2 Å². The summed E-state index contributed by atoms with van der Waals surface area (Å²) in [5.74, 6) is -0.743. The van der Waals surface area contributed by atoms with Crippen molar-refractivity contribution in [2.45, 2.75) is 18.7 Å². The highest BCUT2D eigenvalue weighted by Crippen LogP contribution is 2.30. The molecule has 2 rings (SSSR count). The Labute approximate surface area is 161 Å². The number of nitrogens with zero attached hydrogens (tertiary/aromatic N) is 2. The predicted molar refractivity (Wildman–Crippen MR) is 100 cm³/mol. The Balaban J connectivity index is 2.56. The van der Waals surface area contributed by atoms with Gasteiger partial charge in [0.1, 0.15) is 6.54 Å². The van der Waals surface area contributed by atoms with Crippen LogP contribution in [0.3, 0.4) is 0 Å². The molecule has 0 heterocycles. The second-order valence-corrected chi connectivity index (χ2v) is 7.80. The van der Waals surface area contributed by atoms with Crippen LogP contribution in [0, 0.1) is 17.0 Å². The van der Waals surface area contributed by atoms with Crippen LogP contribution in [0.4, 0.5) is 11.4 Å². The molecule has 0 saturated heterocycles. The molecular weight excluding hydrogens is 396 g/mol. The number of benzene rings is 2. The zero-order chi connectivity index (χ0) is 20.2. The average Bonchev–Trinajstić information content (AvgIpc) is 2.60. The molecule has 0 saturated carbocycles. The van der Waals surface area contributed by atoms with Gasteiger partial charge < -0.3 is 4.74 Å². The van der Waals surface area contributed by atoms with Gasteiger partial charge >= 0.3 is 5.97 Å². The lowest BCUT2D eigenvalue weighted by Gasteiger charge is -2.25. The quantitative estimate of drug-likeness (QED) is 0.392. The van der Waals surface area contributed by atoms with E-state index in [0.717, 1.165) is 4.31 Å². The average molecular weight is 413 g/mol. The van der Waals surface area contributed by atoms with Crippen molar-refractivity contribution in [3.05, 3.63) is 63.2 Å². The van der Waals surface area contributed by atoms with Crippen LogP contribution in [0.5, 0.6) is 0 Å². The Hall–Kier alpha value is -2.65. The van der Waals surface area contributed by atoms with Crippen molar-refractivity contribution in [3.63, 3.8) is 0 Å². The summed E-state index contributed by atoms with van der Waals surface area (Å²) in [6.45, 7) is 2.65. The van der Waals surface area contributed by atoms with E-state index in [4.69, 9.17) is 16.3 Å². The number of rotatable bonds is 7. The second kappa shape index (κ2) is 8.36. The molecule has 0 unspecified atom stereocenters. The normalized spacial score (nSPS) is 11.1. The highest BCUT2D eigenvalue weighted by molar-refractivity contribution is 7.92. The second-order valence-electron chi connectivity index (χ2n) is 5.50. The van der Waals surface area contributed by atoms with Crippen molar-refractivity contribution in [1.29, 1.82) is 0 Å². The number of aryl methyl sites for hydroxylation is 1. The number of carbonyl (C=O) groups is 1. The summed E-state index contributed by atoms with van der Waals surface area (Å²) in [6.07, 6.45) is 0. The van der Waals surface area contributed by atoms with E-state index in [9.17, 15) is 23.3 Å². The summed E-state index contributed by atoms with van der Waals surface area (Å²) in [7, 11) is -4.14. The third-order valence-corrected chi connectivity index (χ3v) is 5.67. The number of esters is 1. The summed E-state index contributed by atoms with van der Waals surface area (Å²) < 4.78 is 31.9. The van der Waals surface area contributed by atoms with Gasteiger partial charge in [0.25, 0.3) is 15.7 Å². The van der Waals surface area contributed by atoms with Gasteiger partial charge in [-0.25, -0.2) is 8.42 Å². The first-order valence-electron chi connectivity index (χ1n) is 7.85. The van der Waals surface area contributed by atoms with Crippen LogP contribution >= 0.6 is 11.6 Å². The fourth-order valence-electron chi connectivity index (χ4n) is 2.39. The highest BCUT2D eigenvalue weighted by atomic mass is 35.5. The summed E-state index contributed by atoms with van der Waals surface area (Å²) in [5.41, 5.74) is 0.283. The van der Waals surface area contributed by atoms with Crippen molar-refractivity contribution in [2.24, 2.45) is 0 Å². The van der Waals surface area contributed by atoms with E-state index >= 15 is 0 Å². The third-order valence-electron chi connectivity index (χ3n) is 3.64. The van der Waals surface area contributed by atoms with Crippen molar-refractivity contribution < 1.29 is 22.9 Å². The summed E-state index contributed by atoms with van der Waals surface area (Å²) in [5, 5.41) is 11.3. The summed E-state index contributed by atoms with van der Waals surface area (Å²) >= 11 is 5.81. The van der Waals surface area contributed by atoms with Gasteiger partial charge in [0.05, 0.1) is 22.1 Å². The first kappa shape index (κ1) is 20.7. The largest absolute Gasteiger partial charge is 0.465 e. The Morgan fingerprint density at radius 2 is 1.85 bits per heavy atom. The van der Waals surface area contributed by atoms with Crippen LogP contribution in [-0.4, -0.2) is 32.5 Å². The lowest BCUT2D eigenvalue weighted by molar-refractivity contribution is -0.384. The van der Waals surface area contributed by atoms with Gasteiger partial charge in [0, 0.05) is 17.2 Å². The SMILES string of the molecule is CCOC(=O)CN(c1ccc([N+](=O)[O-])cc1C)S(=O)(=O)c1ccc(Cl)cc1. The molecular formula is C17H17ClN2O6S. The first-order chi connectivity index (χ1) is 12.7. The number of hydrogen-bond acceptors (Lipinski definition) is 6. The lowest BCUT2D eigenvalue weighted by Crippen LogP contribution is -2.37. The molecule has 2 aromatic carbocycles. The van der Waals surface area contributed by atoms with Gasteiger partial charge in [-0.1, -0.05) is 11.6 Å². The fraction of sp³-hybridized carbons (Fsp3) is 0.235. The maximum absolute atomic E-state index is 13.1. The van der Waals surface area contributed by atoms with Crippen LogP contribution in [0.1, 0.15) is 12.5 Å². The fourth-order valence-corrected chi connectivity index (χ4v) is 3.99. The van der Waals surface area contributed by atoms with E-state index in [1.807, 2.05) is 0 Å². The van der Waals surface area contributed by atoms with Crippen LogP contribution in [0.25, 0.3) is 0 Å². The molecule has 0 aliphatic rings. The molecule has 0 fully saturated rings.